The van der Waals surface area contributed by atoms with Gasteiger partial charge < -0.3 is 5.73 Å². The molecule has 0 aliphatic heterocycles. The van der Waals surface area contributed by atoms with Crippen LogP contribution >= 0.6 is 22.6 Å². The molecule has 1 aromatic heterocycles. The minimum Gasteiger partial charge on any atom is -0.399 e. The van der Waals surface area contributed by atoms with Gasteiger partial charge in [0.1, 0.15) is 5.82 Å². The van der Waals surface area contributed by atoms with E-state index in [0.29, 0.717) is 0 Å². The Balaban J connectivity index is 2.32. The highest BCUT2D eigenvalue weighted by Crippen LogP contribution is 2.23. The predicted molar refractivity (Wildman–Crippen MR) is 82.9 cm³/mol. The van der Waals surface area contributed by atoms with E-state index in [2.05, 4.69) is 56.4 Å². The average Bonchev–Trinajstić information content (AvgIpc) is 2.64. The fourth-order valence-electron chi connectivity index (χ4n) is 2.16. The van der Waals surface area contributed by atoms with E-state index in [1.54, 1.807) is 0 Å². The molecule has 0 atom stereocenters. The van der Waals surface area contributed by atoms with Gasteiger partial charge in [0.15, 0.2) is 0 Å². The number of imidazole rings is 1. The van der Waals surface area contributed by atoms with Crippen LogP contribution in [0, 0.1) is 10.5 Å². The molecule has 0 fully saturated rings. The number of nitrogens with two attached hydrogens (primary N) is 1. The molecule has 0 radical (unpaired) electrons. The molecule has 4 heteroatoms. The van der Waals surface area contributed by atoms with E-state index in [1.165, 1.54) is 3.57 Å². The molecular weight excluding hydrogens is 337 g/mol. The van der Waals surface area contributed by atoms with Gasteiger partial charge in [-0.05, 0) is 65.9 Å². The number of rotatable bonds is 1. The molecule has 0 aliphatic rings. The first-order valence-corrected chi connectivity index (χ1v) is 6.73. The zero-order valence-corrected chi connectivity index (χ0v) is 12.0. The zero-order valence-electron chi connectivity index (χ0n) is 9.89. The molecule has 0 spiro atoms. The molecule has 3 aromatic rings. The van der Waals surface area contributed by atoms with Gasteiger partial charge in [-0.15, -0.1) is 0 Å². The first-order valence-electron chi connectivity index (χ1n) is 5.66. The van der Waals surface area contributed by atoms with Crippen LogP contribution in [0.15, 0.2) is 42.5 Å². The number of fused-ring (bicyclic) bond motifs is 1. The van der Waals surface area contributed by atoms with E-state index in [0.717, 1.165) is 28.2 Å². The summed E-state index contributed by atoms with van der Waals surface area (Å²) < 4.78 is 3.36. The fraction of sp³-hybridized carbons (Fsp3) is 0.0714. The molecule has 0 amide bonds. The highest BCUT2D eigenvalue weighted by atomic mass is 127. The number of aryl methyl sites for hydroxylation is 1. The Hall–Kier alpha value is -1.56. The Labute approximate surface area is 119 Å². The lowest BCUT2D eigenvalue weighted by molar-refractivity contribution is 1.000. The zero-order chi connectivity index (χ0) is 12.7. The minimum absolute atomic E-state index is 0.745. The highest BCUT2D eigenvalue weighted by molar-refractivity contribution is 14.1. The second kappa shape index (κ2) is 4.28. The second-order valence-corrected chi connectivity index (χ2v) is 5.47. The summed E-state index contributed by atoms with van der Waals surface area (Å²) in [6, 6.07) is 14.2. The number of anilines is 1. The van der Waals surface area contributed by atoms with Crippen LogP contribution in [0.1, 0.15) is 5.82 Å². The normalized spacial score (nSPS) is 11.0. The van der Waals surface area contributed by atoms with Crippen LogP contribution in [0.2, 0.25) is 0 Å². The maximum atomic E-state index is 5.80. The van der Waals surface area contributed by atoms with Gasteiger partial charge in [0.25, 0.3) is 0 Å². The number of nitrogens with zero attached hydrogens (tertiary/aromatic N) is 2. The summed E-state index contributed by atoms with van der Waals surface area (Å²) in [5, 5.41) is 0. The van der Waals surface area contributed by atoms with Crippen LogP contribution in [0.25, 0.3) is 16.7 Å². The molecule has 0 unspecified atom stereocenters. The van der Waals surface area contributed by atoms with E-state index >= 15 is 0 Å². The highest BCUT2D eigenvalue weighted by Gasteiger charge is 2.09. The fourth-order valence-corrected chi connectivity index (χ4v) is 2.69. The molecule has 3 nitrogen and oxygen atoms in total. The molecule has 0 saturated heterocycles. The molecule has 18 heavy (non-hydrogen) atoms. The van der Waals surface area contributed by atoms with Crippen molar-refractivity contribution in [2.45, 2.75) is 6.92 Å². The third-order valence-corrected chi connectivity index (χ3v) is 3.58. The summed E-state index contributed by atoms with van der Waals surface area (Å²) in [5.41, 5.74) is 9.70. The number of hydrogen-bond acceptors (Lipinski definition) is 2. The number of nitrogen functional groups attached to an aromatic ring is 1. The third-order valence-electron chi connectivity index (χ3n) is 2.91. The molecular formula is C14H12IN3. The molecule has 0 saturated carbocycles. The minimum atomic E-state index is 0.745. The van der Waals surface area contributed by atoms with E-state index in [-0.39, 0.29) is 0 Å². The summed E-state index contributed by atoms with van der Waals surface area (Å²) >= 11 is 2.32. The summed E-state index contributed by atoms with van der Waals surface area (Å²) in [6.07, 6.45) is 0. The van der Waals surface area contributed by atoms with Crippen LogP contribution < -0.4 is 5.73 Å². The van der Waals surface area contributed by atoms with Crippen LogP contribution in [-0.2, 0) is 0 Å². The second-order valence-electron chi connectivity index (χ2n) is 4.22. The number of hydrogen-bond donors (Lipinski definition) is 1. The van der Waals surface area contributed by atoms with Crippen molar-refractivity contribution >= 4 is 39.3 Å². The Kier molecular flexibility index (Phi) is 2.74. The lowest BCUT2D eigenvalue weighted by Gasteiger charge is -2.07. The third kappa shape index (κ3) is 1.86. The van der Waals surface area contributed by atoms with Crippen molar-refractivity contribution in [3.8, 4) is 5.69 Å². The largest absolute Gasteiger partial charge is 0.399 e. The molecule has 1 heterocycles. The van der Waals surface area contributed by atoms with Gasteiger partial charge in [0.2, 0.25) is 0 Å². The van der Waals surface area contributed by atoms with Gasteiger partial charge in [-0.1, -0.05) is 6.07 Å². The van der Waals surface area contributed by atoms with E-state index in [1.807, 2.05) is 25.1 Å². The van der Waals surface area contributed by atoms with Gasteiger partial charge >= 0.3 is 0 Å². The number of halogens is 1. The van der Waals surface area contributed by atoms with Crippen LogP contribution in [0.4, 0.5) is 5.69 Å². The summed E-state index contributed by atoms with van der Waals surface area (Å²) in [4.78, 5) is 4.56. The maximum Gasteiger partial charge on any atom is 0.111 e. The first kappa shape index (κ1) is 11.5. The monoisotopic (exact) mass is 349 g/mol. The van der Waals surface area contributed by atoms with E-state index in [4.69, 9.17) is 5.73 Å². The van der Waals surface area contributed by atoms with Gasteiger partial charge in [0, 0.05) is 14.9 Å². The standard InChI is InChI=1S/C14H12IN3/c1-9-17-13-8-11(16)5-6-14(13)18(9)12-4-2-3-10(15)7-12/h2-8H,16H2,1H3. The molecule has 0 bridgehead atoms. The lowest BCUT2D eigenvalue weighted by Crippen LogP contribution is -1.97. The Bertz CT molecular complexity index is 731. The van der Waals surface area contributed by atoms with Crippen molar-refractivity contribution < 1.29 is 0 Å². The lowest BCUT2D eigenvalue weighted by atomic mass is 10.2. The predicted octanol–water partition coefficient (Wildman–Crippen LogP) is 3.52. The topological polar surface area (TPSA) is 43.8 Å². The van der Waals surface area contributed by atoms with Crippen LogP contribution in [0.3, 0.4) is 0 Å². The van der Waals surface area contributed by atoms with E-state index < -0.39 is 0 Å². The Morgan fingerprint density at radius 1 is 1.17 bits per heavy atom. The number of aromatic nitrogens is 2. The molecule has 2 N–H and O–H groups in total. The Morgan fingerprint density at radius 2 is 2.00 bits per heavy atom. The average molecular weight is 349 g/mol. The van der Waals surface area contributed by atoms with Crippen molar-refractivity contribution in [1.82, 2.24) is 9.55 Å². The van der Waals surface area contributed by atoms with Crippen molar-refractivity contribution in [2.24, 2.45) is 0 Å². The molecule has 0 aliphatic carbocycles. The summed E-state index contributed by atoms with van der Waals surface area (Å²) in [6.45, 7) is 2.01. The van der Waals surface area contributed by atoms with Crippen molar-refractivity contribution in [2.75, 3.05) is 5.73 Å². The quantitative estimate of drug-likeness (QED) is 0.540. The maximum absolute atomic E-state index is 5.80. The van der Waals surface area contributed by atoms with Crippen molar-refractivity contribution in [3.63, 3.8) is 0 Å². The molecule has 90 valence electrons. The van der Waals surface area contributed by atoms with Crippen molar-refractivity contribution in [1.29, 1.82) is 0 Å². The molecule has 3 rings (SSSR count). The SMILES string of the molecule is Cc1nc2cc(N)ccc2n1-c1cccc(I)c1. The van der Waals surface area contributed by atoms with Gasteiger partial charge in [-0.25, -0.2) is 4.98 Å². The smallest absolute Gasteiger partial charge is 0.111 e. The van der Waals surface area contributed by atoms with E-state index in [9.17, 15) is 0 Å². The number of benzene rings is 2. The van der Waals surface area contributed by atoms with Gasteiger partial charge in [0.05, 0.1) is 11.0 Å². The van der Waals surface area contributed by atoms with Crippen LogP contribution in [-0.4, -0.2) is 9.55 Å². The summed E-state index contributed by atoms with van der Waals surface area (Å²) in [5.74, 6) is 0.970. The van der Waals surface area contributed by atoms with Crippen molar-refractivity contribution in [3.05, 3.63) is 51.9 Å². The van der Waals surface area contributed by atoms with Gasteiger partial charge in [-0.2, -0.15) is 0 Å². The van der Waals surface area contributed by atoms with Crippen LogP contribution in [0.5, 0.6) is 0 Å². The molecule has 2 aromatic carbocycles. The van der Waals surface area contributed by atoms with Gasteiger partial charge in [-0.3, -0.25) is 4.57 Å². The first-order chi connectivity index (χ1) is 8.65. The summed E-state index contributed by atoms with van der Waals surface area (Å²) in [7, 11) is 0. The Morgan fingerprint density at radius 3 is 2.78 bits per heavy atom.